The first-order chi connectivity index (χ1) is 9.30. The van der Waals surface area contributed by atoms with E-state index in [0.717, 1.165) is 0 Å². The molecule has 0 aliphatic carbocycles. The minimum absolute atomic E-state index is 0.00244. The SMILES string of the molecule is CN(C(=O)c1ccnn1C)c1ccc(S(N)(=O)=O)cc1. The van der Waals surface area contributed by atoms with Crippen molar-refractivity contribution in [3.8, 4) is 0 Å². The van der Waals surface area contributed by atoms with Crippen molar-refractivity contribution in [3.05, 3.63) is 42.2 Å². The van der Waals surface area contributed by atoms with E-state index >= 15 is 0 Å². The predicted molar refractivity (Wildman–Crippen MR) is 73.8 cm³/mol. The molecule has 1 amide bonds. The van der Waals surface area contributed by atoms with Crippen LogP contribution >= 0.6 is 0 Å². The van der Waals surface area contributed by atoms with Gasteiger partial charge in [-0.1, -0.05) is 0 Å². The Morgan fingerprint density at radius 3 is 2.30 bits per heavy atom. The van der Waals surface area contributed by atoms with Crippen molar-refractivity contribution in [1.82, 2.24) is 9.78 Å². The van der Waals surface area contributed by atoms with Gasteiger partial charge < -0.3 is 4.90 Å². The maximum absolute atomic E-state index is 12.2. The highest BCUT2D eigenvalue weighted by atomic mass is 32.2. The lowest BCUT2D eigenvalue weighted by Gasteiger charge is -2.17. The summed E-state index contributed by atoms with van der Waals surface area (Å²) in [6.07, 6.45) is 1.53. The molecule has 7 nitrogen and oxygen atoms in total. The molecule has 0 saturated heterocycles. The Morgan fingerprint density at radius 1 is 1.25 bits per heavy atom. The molecule has 0 atom stereocenters. The van der Waals surface area contributed by atoms with Gasteiger partial charge in [0.15, 0.2) is 0 Å². The molecule has 2 rings (SSSR count). The number of nitrogens with two attached hydrogens (primary N) is 1. The first-order valence-corrected chi connectivity index (χ1v) is 7.24. The van der Waals surface area contributed by atoms with Crippen LogP contribution in [0.25, 0.3) is 0 Å². The molecule has 0 radical (unpaired) electrons. The minimum Gasteiger partial charge on any atom is -0.310 e. The molecule has 0 saturated carbocycles. The van der Waals surface area contributed by atoms with Gasteiger partial charge in [-0.3, -0.25) is 9.48 Å². The van der Waals surface area contributed by atoms with Crippen LogP contribution in [0.4, 0.5) is 5.69 Å². The third kappa shape index (κ3) is 2.70. The maximum atomic E-state index is 12.2. The number of hydrogen-bond acceptors (Lipinski definition) is 4. The van der Waals surface area contributed by atoms with Crippen LogP contribution in [0.15, 0.2) is 41.4 Å². The van der Waals surface area contributed by atoms with Crippen molar-refractivity contribution >= 4 is 21.6 Å². The monoisotopic (exact) mass is 294 g/mol. The topological polar surface area (TPSA) is 98.3 Å². The van der Waals surface area contributed by atoms with Crippen LogP contribution in [-0.4, -0.2) is 31.2 Å². The summed E-state index contributed by atoms with van der Waals surface area (Å²) in [6.45, 7) is 0. The summed E-state index contributed by atoms with van der Waals surface area (Å²) in [5.74, 6) is -0.242. The zero-order valence-electron chi connectivity index (χ0n) is 11.0. The van der Waals surface area contributed by atoms with Gasteiger partial charge in [0.25, 0.3) is 5.91 Å². The molecule has 106 valence electrons. The van der Waals surface area contributed by atoms with E-state index in [1.54, 1.807) is 20.2 Å². The lowest BCUT2D eigenvalue weighted by Crippen LogP contribution is -2.28. The Labute approximate surface area is 116 Å². The number of carbonyl (C=O) groups is 1. The van der Waals surface area contributed by atoms with Crippen molar-refractivity contribution in [3.63, 3.8) is 0 Å². The number of amides is 1. The minimum atomic E-state index is -3.73. The van der Waals surface area contributed by atoms with E-state index in [9.17, 15) is 13.2 Å². The van der Waals surface area contributed by atoms with Crippen LogP contribution in [0.1, 0.15) is 10.5 Å². The van der Waals surface area contributed by atoms with Gasteiger partial charge in [-0.2, -0.15) is 5.10 Å². The van der Waals surface area contributed by atoms with E-state index in [4.69, 9.17) is 5.14 Å². The maximum Gasteiger partial charge on any atom is 0.276 e. The second-order valence-electron chi connectivity index (χ2n) is 4.24. The molecule has 2 N–H and O–H groups in total. The van der Waals surface area contributed by atoms with Crippen LogP contribution in [0.5, 0.6) is 0 Å². The molecule has 20 heavy (non-hydrogen) atoms. The number of sulfonamides is 1. The third-order valence-corrected chi connectivity index (χ3v) is 3.83. The smallest absolute Gasteiger partial charge is 0.276 e. The van der Waals surface area contributed by atoms with Crippen LogP contribution in [-0.2, 0) is 17.1 Å². The molecule has 0 bridgehead atoms. The fourth-order valence-electron chi connectivity index (χ4n) is 1.73. The summed E-state index contributed by atoms with van der Waals surface area (Å²) in [5.41, 5.74) is 0.992. The zero-order valence-corrected chi connectivity index (χ0v) is 11.8. The second-order valence-corrected chi connectivity index (χ2v) is 5.80. The van der Waals surface area contributed by atoms with Crippen molar-refractivity contribution in [2.75, 3.05) is 11.9 Å². The fourth-order valence-corrected chi connectivity index (χ4v) is 2.25. The first-order valence-electron chi connectivity index (χ1n) is 5.69. The van der Waals surface area contributed by atoms with Gasteiger partial charge in [0.2, 0.25) is 10.0 Å². The molecule has 0 aliphatic rings. The van der Waals surface area contributed by atoms with E-state index in [0.29, 0.717) is 11.4 Å². The highest BCUT2D eigenvalue weighted by Crippen LogP contribution is 2.18. The molecule has 0 spiro atoms. The van der Waals surface area contributed by atoms with E-state index < -0.39 is 10.0 Å². The summed E-state index contributed by atoms with van der Waals surface area (Å²) >= 11 is 0. The summed E-state index contributed by atoms with van der Waals surface area (Å²) < 4.78 is 23.8. The molecule has 0 aliphatic heterocycles. The number of nitrogens with zero attached hydrogens (tertiary/aromatic N) is 3. The molecule has 0 fully saturated rings. The molecule has 1 aromatic heterocycles. The van der Waals surface area contributed by atoms with Gasteiger partial charge in [0.1, 0.15) is 5.69 Å². The Bertz CT molecular complexity index is 734. The molecule has 0 unspecified atom stereocenters. The Kier molecular flexibility index (Phi) is 3.60. The van der Waals surface area contributed by atoms with E-state index in [-0.39, 0.29) is 10.8 Å². The van der Waals surface area contributed by atoms with Crippen LogP contribution in [0.2, 0.25) is 0 Å². The van der Waals surface area contributed by atoms with Crippen LogP contribution in [0, 0.1) is 0 Å². The molecular formula is C12H14N4O3S. The second kappa shape index (κ2) is 5.06. The lowest BCUT2D eigenvalue weighted by atomic mass is 10.2. The Hall–Kier alpha value is -2.19. The van der Waals surface area contributed by atoms with Crippen LogP contribution in [0.3, 0.4) is 0 Å². The van der Waals surface area contributed by atoms with Crippen molar-refractivity contribution in [2.24, 2.45) is 12.2 Å². The molecule has 2 aromatic rings. The van der Waals surface area contributed by atoms with Crippen LogP contribution < -0.4 is 10.0 Å². The molecule has 1 heterocycles. The number of anilines is 1. The quantitative estimate of drug-likeness (QED) is 0.882. The fraction of sp³-hybridized carbons (Fsp3) is 0.167. The van der Waals surface area contributed by atoms with Crippen molar-refractivity contribution < 1.29 is 13.2 Å². The lowest BCUT2D eigenvalue weighted by molar-refractivity contribution is 0.0984. The first kappa shape index (κ1) is 14.2. The number of benzene rings is 1. The number of aryl methyl sites for hydroxylation is 1. The van der Waals surface area contributed by atoms with Crippen molar-refractivity contribution in [2.45, 2.75) is 4.90 Å². The normalized spacial score (nSPS) is 11.3. The Balaban J connectivity index is 2.28. The summed E-state index contributed by atoms with van der Waals surface area (Å²) in [4.78, 5) is 13.6. The highest BCUT2D eigenvalue weighted by Gasteiger charge is 2.17. The average Bonchev–Trinajstić information content (AvgIpc) is 2.82. The van der Waals surface area contributed by atoms with Gasteiger partial charge in [-0.05, 0) is 30.3 Å². The highest BCUT2D eigenvalue weighted by molar-refractivity contribution is 7.89. The van der Waals surface area contributed by atoms with Gasteiger partial charge >= 0.3 is 0 Å². The van der Waals surface area contributed by atoms with Gasteiger partial charge in [-0.15, -0.1) is 0 Å². The zero-order chi connectivity index (χ0) is 14.9. The van der Waals surface area contributed by atoms with Crippen molar-refractivity contribution in [1.29, 1.82) is 0 Å². The van der Waals surface area contributed by atoms with Gasteiger partial charge in [0, 0.05) is 26.0 Å². The molecule has 1 aromatic carbocycles. The summed E-state index contributed by atoms with van der Waals surface area (Å²) in [5, 5.41) is 8.95. The van der Waals surface area contributed by atoms with Gasteiger partial charge in [-0.25, -0.2) is 13.6 Å². The number of primary sulfonamides is 1. The number of carbonyl (C=O) groups excluding carboxylic acids is 1. The number of hydrogen-bond donors (Lipinski definition) is 1. The molecular weight excluding hydrogens is 280 g/mol. The average molecular weight is 294 g/mol. The molecule has 8 heteroatoms. The van der Waals surface area contributed by atoms with E-state index in [1.165, 1.54) is 40.0 Å². The Morgan fingerprint density at radius 2 is 1.85 bits per heavy atom. The number of rotatable bonds is 3. The number of aromatic nitrogens is 2. The summed E-state index contributed by atoms with van der Waals surface area (Å²) in [6, 6.07) is 7.37. The van der Waals surface area contributed by atoms with E-state index in [1.807, 2.05) is 0 Å². The van der Waals surface area contributed by atoms with E-state index in [2.05, 4.69) is 5.10 Å². The largest absolute Gasteiger partial charge is 0.310 e. The predicted octanol–water partition coefficient (Wildman–Crippen LogP) is 0.344. The van der Waals surface area contributed by atoms with Gasteiger partial charge in [0.05, 0.1) is 4.90 Å². The summed E-state index contributed by atoms with van der Waals surface area (Å²) in [7, 11) is -0.463. The standard InChI is InChI=1S/C12H14N4O3S/c1-15(12(17)11-7-8-14-16(11)2)9-3-5-10(6-4-9)20(13,18)19/h3-8H,1-2H3,(H2,13,18,19). The third-order valence-electron chi connectivity index (χ3n) is 2.90.